The van der Waals surface area contributed by atoms with E-state index < -0.39 is 0 Å². The van der Waals surface area contributed by atoms with E-state index in [-0.39, 0.29) is 11.9 Å². The number of hydrogen-bond donors (Lipinski definition) is 1. The summed E-state index contributed by atoms with van der Waals surface area (Å²) >= 11 is 0. The summed E-state index contributed by atoms with van der Waals surface area (Å²) in [6, 6.07) is 15.2. The van der Waals surface area contributed by atoms with E-state index in [2.05, 4.69) is 24.4 Å². The summed E-state index contributed by atoms with van der Waals surface area (Å²) in [5.74, 6) is -0.181. The predicted octanol–water partition coefficient (Wildman–Crippen LogP) is 4.22. The Morgan fingerprint density at radius 2 is 1.84 bits per heavy atom. The van der Waals surface area contributed by atoms with Gasteiger partial charge in [-0.05, 0) is 48.7 Å². The van der Waals surface area contributed by atoms with E-state index in [1.54, 1.807) is 6.07 Å². The van der Waals surface area contributed by atoms with Crippen LogP contribution in [0, 0.1) is 12.7 Å². The highest BCUT2D eigenvalue weighted by molar-refractivity contribution is 5.37. The molecule has 2 aromatic carbocycles. The highest BCUT2D eigenvalue weighted by Crippen LogP contribution is 2.25. The zero-order valence-corrected chi connectivity index (χ0v) is 11.5. The molecule has 1 atom stereocenters. The first-order chi connectivity index (χ1) is 9.22. The fraction of sp³-hybridized carbons (Fsp3) is 0.294. The van der Waals surface area contributed by atoms with Crippen molar-refractivity contribution in [1.29, 1.82) is 0 Å². The molecule has 2 rings (SSSR count). The first-order valence-corrected chi connectivity index (χ1v) is 6.76. The third-order valence-corrected chi connectivity index (χ3v) is 3.28. The lowest BCUT2D eigenvalue weighted by atomic mass is 9.95. The number of hydrogen-bond acceptors (Lipinski definition) is 1. The summed E-state index contributed by atoms with van der Waals surface area (Å²) in [5.41, 5.74) is 3.29. The Hall–Kier alpha value is -1.67. The first kappa shape index (κ1) is 13.8. The van der Waals surface area contributed by atoms with Gasteiger partial charge in [0.15, 0.2) is 0 Å². The van der Waals surface area contributed by atoms with E-state index in [4.69, 9.17) is 0 Å². The van der Waals surface area contributed by atoms with Gasteiger partial charge in [-0.15, -0.1) is 0 Å². The molecule has 0 aliphatic rings. The number of benzene rings is 2. The first-order valence-electron chi connectivity index (χ1n) is 6.76. The second-order valence-corrected chi connectivity index (χ2v) is 4.80. The van der Waals surface area contributed by atoms with E-state index in [1.807, 2.05) is 31.2 Å². The molecule has 0 saturated carbocycles. The van der Waals surface area contributed by atoms with Crippen molar-refractivity contribution in [2.24, 2.45) is 0 Å². The lowest BCUT2D eigenvalue weighted by molar-refractivity contribution is 0.583. The van der Waals surface area contributed by atoms with Gasteiger partial charge in [0.05, 0.1) is 6.04 Å². The minimum absolute atomic E-state index is 0.0526. The molecule has 0 amide bonds. The molecule has 0 heterocycles. The maximum Gasteiger partial charge on any atom is 0.123 e. The highest BCUT2D eigenvalue weighted by Gasteiger charge is 2.15. The van der Waals surface area contributed by atoms with Crippen molar-refractivity contribution >= 4 is 0 Å². The maximum atomic E-state index is 13.5. The SMILES string of the molecule is CCCNC(c1ccccc1)c1cc(F)ccc1C. The standard InChI is InChI=1S/C17H20FN/c1-3-11-19-17(14-7-5-4-6-8-14)16-12-15(18)10-9-13(16)2/h4-10,12,17,19H,3,11H2,1-2H3. The molecule has 100 valence electrons. The molecule has 1 unspecified atom stereocenters. The average molecular weight is 257 g/mol. The van der Waals surface area contributed by atoms with Crippen LogP contribution in [0.4, 0.5) is 4.39 Å². The largest absolute Gasteiger partial charge is 0.306 e. The van der Waals surface area contributed by atoms with Crippen LogP contribution in [-0.4, -0.2) is 6.54 Å². The second-order valence-electron chi connectivity index (χ2n) is 4.80. The monoisotopic (exact) mass is 257 g/mol. The molecule has 0 radical (unpaired) electrons. The number of aryl methyl sites for hydroxylation is 1. The van der Waals surface area contributed by atoms with Gasteiger partial charge in [-0.3, -0.25) is 0 Å². The minimum Gasteiger partial charge on any atom is -0.306 e. The van der Waals surface area contributed by atoms with Gasteiger partial charge in [0.25, 0.3) is 0 Å². The van der Waals surface area contributed by atoms with Crippen LogP contribution in [0.15, 0.2) is 48.5 Å². The van der Waals surface area contributed by atoms with Crippen LogP contribution in [0.25, 0.3) is 0 Å². The van der Waals surface area contributed by atoms with E-state index in [1.165, 1.54) is 11.6 Å². The highest BCUT2D eigenvalue weighted by atomic mass is 19.1. The molecule has 0 saturated heterocycles. The van der Waals surface area contributed by atoms with Crippen molar-refractivity contribution in [1.82, 2.24) is 5.32 Å². The summed E-state index contributed by atoms with van der Waals surface area (Å²) in [6.07, 6.45) is 1.05. The molecule has 0 aliphatic heterocycles. The normalized spacial score (nSPS) is 12.4. The van der Waals surface area contributed by atoms with Crippen molar-refractivity contribution in [3.63, 3.8) is 0 Å². The van der Waals surface area contributed by atoms with Crippen molar-refractivity contribution in [2.75, 3.05) is 6.54 Å². The van der Waals surface area contributed by atoms with Crippen LogP contribution < -0.4 is 5.32 Å². The Labute approximate surface area is 114 Å². The van der Waals surface area contributed by atoms with Gasteiger partial charge in [0, 0.05) is 0 Å². The van der Waals surface area contributed by atoms with Gasteiger partial charge in [0.2, 0.25) is 0 Å². The fourth-order valence-electron chi connectivity index (χ4n) is 2.26. The summed E-state index contributed by atoms with van der Waals surface area (Å²) in [7, 11) is 0. The molecular formula is C17H20FN. The Bertz CT molecular complexity index is 522. The van der Waals surface area contributed by atoms with Crippen LogP contribution in [0.3, 0.4) is 0 Å². The van der Waals surface area contributed by atoms with E-state index in [0.717, 1.165) is 24.1 Å². The maximum absolute atomic E-state index is 13.5. The molecule has 0 bridgehead atoms. The van der Waals surface area contributed by atoms with Crippen molar-refractivity contribution in [2.45, 2.75) is 26.3 Å². The molecule has 0 aliphatic carbocycles. The summed E-state index contributed by atoms with van der Waals surface area (Å²) in [6.45, 7) is 5.07. The molecule has 2 heteroatoms. The van der Waals surface area contributed by atoms with Crippen molar-refractivity contribution in [3.05, 3.63) is 71.0 Å². The van der Waals surface area contributed by atoms with Crippen LogP contribution in [0.5, 0.6) is 0 Å². The molecule has 19 heavy (non-hydrogen) atoms. The van der Waals surface area contributed by atoms with Crippen LogP contribution in [0.2, 0.25) is 0 Å². The van der Waals surface area contributed by atoms with Gasteiger partial charge in [-0.2, -0.15) is 0 Å². The van der Waals surface area contributed by atoms with Crippen molar-refractivity contribution in [3.8, 4) is 0 Å². The molecular weight excluding hydrogens is 237 g/mol. The molecule has 0 spiro atoms. The summed E-state index contributed by atoms with van der Waals surface area (Å²) in [5, 5.41) is 3.50. The van der Waals surface area contributed by atoms with E-state index >= 15 is 0 Å². The number of rotatable bonds is 5. The lowest BCUT2D eigenvalue weighted by Gasteiger charge is -2.21. The minimum atomic E-state index is -0.181. The summed E-state index contributed by atoms with van der Waals surface area (Å²) in [4.78, 5) is 0. The summed E-state index contributed by atoms with van der Waals surface area (Å²) < 4.78 is 13.5. The molecule has 0 fully saturated rings. The third kappa shape index (κ3) is 3.42. The van der Waals surface area contributed by atoms with Crippen LogP contribution >= 0.6 is 0 Å². The smallest absolute Gasteiger partial charge is 0.123 e. The Morgan fingerprint density at radius 3 is 2.53 bits per heavy atom. The zero-order chi connectivity index (χ0) is 13.7. The van der Waals surface area contributed by atoms with Gasteiger partial charge < -0.3 is 5.32 Å². The number of halogens is 1. The molecule has 0 aromatic heterocycles. The van der Waals surface area contributed by atoms with Crippen molar-refractivity contribution < 1.29 is 4.39 Å². The van der Waals surface area contributed by atoms with Gasteiger partial charge in [0.1, 0.15) is 5.82 Å². The molecule has 1 nitrogen and oxygen atoms in total. The average Bonchev–Trinajstić information content (AvgIpc) is 2.44. The quantitative estimate of drug-likeness (QED) is 0.845. The number of nitrogens with one attached hydrogen (secondary N) is 1. The second kappa shape index (κ2) is 6.48. The van der Waals surface area contributed by atoms with Gasteiger partial charge in [-0.25, -0.2) is 4.39 Å². The molecule has 2 aromatic rings. The van der Waals surface area contributed by atoms with E-state index in [0.29, 0.717) is 0 Å². The van der Waals surface area contributed by atoms with Gasteiger partial charge in [-0.1, -0.05) is 43.3 Å². The van der Waals surface area contributed by atoms with Crippen LogP contribution in [-0.2, 0) is 0 Å². The third-order valence-electron chi connectivity index (χ3n) is 3.28. The Morgan fingerprint density at radius 1 is 1.11 bits per heavy atom. The lowest BCUT2D eigenvalue weighted by Crippen LogP contribution is -2.24. The Kier molecular flexibility index (Phi) is 4.69. The van der Waals surface area contributed by atoms with Gasteiger partial charge >= 0.3 is 0 Å². The predicted molar refractivity (Wildman–Crippen MR) is 77.7 cm³/mol. The molecule has 1 N–H and O–H groups in total. The zero-order valence-electron chi connectivity index (χ0n) is 11.5. The topological polar surface area (TPSA) is 12.0 Å². The van der Waals surface area contributed by atoms with E-state index in [9.17, 15) is 4.39 Å². The Balaban J connectivity index is 2.40. The fourth-order valence-corrected chi connectivity index (χ4v) is 2.26. The van der Waals surface area contributed by atoms with Crippen LogP contribution in [0.1, 0.15) is 36.1 Å².